The zero-order chi connectivity index (χ0) is 8.23. The fraction of sp³-hybridized carbons (Fsp3) is 0.167. The summed E-state index contributed by atoms with van der Waals surface area (Å²) in [5, 5.41) is 0. The zero-order valence-electron chi connectivity index (χ0n) is 7.03. The molecule has 0 aromatic heterocycles. The van der Waals surface area contributed by atoms with Crippen molar-refractivity contribution in [2.45, 2.75) is 12.8 Å². The molecule has 0 N–H and O–H groups in total. The van der Waals surface area contributed by atoms with Crippen LogP contribution in [0.25, 0.3) is 0 Å². The van der Waals surface area contributed by atoms with Gasteiger partial charge in [0.1, 0.15) is 0 Å². The highest BCUT2D eigenvalue weighted by atomic mass is 14.1. The molecule has 0 aromatic carbocycles. The van der Waals surface area contributed by atoms with Gasteiger partial charge in [0.25, 0.3) is 0 Å². The van der Waals surface area contributed by atoms with Crippen molar-refractivity contribution in [2.75, 3.05) is 0 Å². The predicted molar refractivity (Wildman–Crippen MR) is 52.3 cm³/mol. The van der Waals surface area contributed by atoms with E-state index in [2.05, 4.69) is 49.3 Å². The van der Waals surface area contributed by atoms with E-state index in [9.17, 15) is 0 Å². The molecular formula is C12H12+. The molecule has 2 aliphatic carbocycles. The minimum absolute atomic E-state index is 1.09. The molecule has 12 heavy (non-hydrogen) atoms. The van der Waals surface area contributed by atoms with Gasteiger partial charge in [0.15, 0.2) is 0 Å². The Morgan fingerprint density at radius 2 is 2.08 bits per heavy atom. The molecule has 0 aromatic rings. The summed E-state index contributed by atoms with van der Waals surface area (Å²) in [6.07, 6.45) is 19.4. The van der Waals surface area contributed by atoms with E-state index in [1.54, 1.807) is 0 Å². The monoisotopic (exact) mass is 156 g/mol. The first kappa shape index (κ1) is 7.48. The van der Waals surface area contributed by atoms with Gasteiger partial charge in [-0.15, -0.1) is 0 Å². The second-order valence-corrected chi connectivity index (χ2v) is 3.03. The maximum atomic E-state index is 2.21. The lowest BCUT2D eigenvalue weighted by atomic mass is 9.92. The average molecular weight is 156 g/mol. The highest BCUT2D eigenvalue weighted by molar-refractivity contribution is 5.43. The maximum Gasteiger partial charge on any atom is 0.0793 e. The molecule has 2 aliphatic rings. The van der Waals surface area contributed by atoms with Crippen LogP contribution >= 0.6 is 0 Å². The van der Waals surface area contributed by atoms with Crippen molar-refractivity contribution >= 4 is 0 Å². The minimum atomic E-state index is 1.09. The molecule has 0 atom stereocenters. The van der Waals surface area contributed by atoms with Crippen molar-refractivity contribution in [3.63, 3.8) is 0 Å². The van der Waals surface area contributed by atoms with Crippen LogP contribution in [0.4, 0.5) is 0 Å². The molecule has 0 heterocycles. The van der Waals surface area contributed by atoms with Gasteiger partial charge in [-0.3, -0.25) is 0 Å². The van der Waals surface area contributed by atoms with Crippen LogP contribution in [-0.2, 0) is 0 Å². The molecule has 0 fully saturated rings. The SMILES string of the molecule is [CH]1C=CC=C(C2=C[CH+]C=CC2)C1. The Morgan fingerprint density at radius 3 is 2.75 bits per heavy atom. The van der Waals surface area contributed by atoms with Crippen LogP contribution < -0.4 is 0 Å². The summed E-state index contributed by atoms with van der Waals surface area (Å²) in [6, 6.07) is 0. The Morgan fingerprint density at radius 1 is 1.08 bits per heavy atom. The fourth-order valence-electron chi connectivity index (χ4n) is 1.50. The highest BCUT2D eigenvalue weighted by Crippen LogP contribution is 2.24. The largest absolute Gasteiger partial charge is 0.0804 e. The Kier molecular flexibility index (Phi) is 2.17. The Bertz CT molecular complexity index is 274. The summed E-state index contributed by atoms with van der Waals surface area (Å²) in [6.45, 7) is 0. The first-order valence-corrected chi connectivity index (χ1v) is 4.35. The van der Waals surface area contributed by atoms with E-state index in [0.29, 0.717) is 0 Å². The minimum Gasteiger partial charge on any atom is -0.0804 e. The smallest absolute Gasteiger partial charge is 0.0793 e. The molecule has 0 spiro atoms. The zero-order valence-corrected chi connectivity index (χ0v) is 7.03. The second kappa shape index (κ2) is 3.48. The van der Waals surface area contributed by atoms with Gasteiger partial charge in [0.05, 0.1) is 18.1 Å². The van der Waals surface area contributed by atoms with E-state index in [0.717, 1.165) is 12.8 Å². The van der Waals surface area contributed by atoms with Gasteiger partial charge in [0, 0.05) is 24.1 Å². The summed E-state index contributed by atoms with van der Waals surface area (Å²) < 4.78 is 0. The first-order valence-electron chi connectivity index (χ1n) is 4.35. The molecule has 59 valence electrons. The summed E-state index contributed by atoms with van der Waals surface area (Å²) in [7, 11) is 0. The van der Waals surface area contributed by atoms with E-state index < -0.39 is 0 Å². The van der Waals surface area contributed by atoms with Gasteiger partial charge in [-0.2, -0.15) is 0 Å². The third-order valence-electron chi connectivity index (χ3n) is 2.18. The topological polar surface area (TPSA) is 0 Å². The lowest BCUT2D eigenvalue weighted by Crippen LogP contribution is -1.94. The van der Waals surface area contributed by atoms with E-state index >= 15 is 0 Å². The van der Waals surface area contributed by atoms with Crippen LogP contribution in [-0.4, -0.2) is 0 Å². The highest BCUT2D eigenvalue weighted by Gasteiger charge is 2.12. The normalized spacial score (nSPS) is 21.3. The molecule has 1 radical (unpaired) electrons. The van der Waals surface area contributed by atoms with Gasteiger partial charge in [-0.25, -0.2) is 0 Å². The number of allylic oxidation sites excluding steroid dienone is 8. The molecule has 0 saturated carbocycles. The molecule has 2 rings (SSSR count). The van der Waals surface area contributed by atoms with E-state index in [4.69, 9.17) is 0 Å². The maximum absolute atomic E-state index is 2.21. The molecule has 0 unspecified atom stereocenters. The number of hydrogen-bond acceptors (Lipinski definition) is 0. The third kappa shape index (κ3) is 1.53. The Balaban J connectivity index is 2.13. The average Bonchev–Trinajstić information content (AvgIpc) is 2.21. The van der Waals surface area contributed by atoms with Gasteiger partial charge >= 0.3 is 0 Å². The van der Waals surface area contributed by atoms with Crippen LogP contribution in [0.5, 0.6) is 0 Å². The lowest BCUT2D eigenvalue weighted by molar-refractivity contribution is 1.08. The lowest BCUT2D eigenvalue weighted by Gasteiger charge is -2.07. The van der Waals surface area contributed by atoms with Crippen LogP contribution in [0, 0.1) is 12.8 Å². The molecule has 0 bridgehead atoms. The summed E-state index contributed by atoms with van der Waals surface area (Å²) >= 11 is 0. The summed E-state index contributed by atoms with van der Waals surface area (Å²) in [4.78, 5) is 0. The van der Waals surface area contributed by atoms with Crippen molar-refractivity contribution < 1.29 is 0 Å². The first-order chi connectivity index (χ1) is 5.97. The third-order valence-corrected chi connectivity index (χ3v) is 2.18. The molecule has 0 heteroatoms. The Hall–Kier alpha value is -1.17. The molecule has 0 nitrogen and oxygen atoms in total. The van der Waals surface area contributed by atoms with E-state index in [1.165, 1.54) is 11.1 Å². The molecule has 0 amide bonds. The van der Waals surface area contributed by atoms with Crippen molar-refractivity contribution in [1.29, 1.82) is 0 Å². The standard InChI is InChI=1S/C12H12/c1-3-7-11(8-4-1)12-9-5-2-6-10-12/h1-7,9H,8,10H2/q+1. The van der Waals surface area contributed by atoms with Gasteiger partial charge < -0.3 is 0 Å². The van der Waals surface area contributed by atoms with Crippen molar-refractivity contribution in [3.8, 4) is 0 Å². The second-order valence-electron chi connectivity index (χ2n) is 3.03. The van der Waals surface area contributed by atoms with Crippen LogP contribution in [0.15, 0.2) is 47.6 Å². The number of rotatable bonds is 1. The van der Waals surface area contributed by atoms with E-state index in [1.807, 2.05) is 0 Å². The van der Waals surface area contributed by atoms with Gasteiger partial charge in [-0.05, 0) is 18.9 Å². The Labute approximate surface area is 74.0 Å². The summed E-state index contributed by atoms with van der Waals surface area (Å²) in [5.41, 5.74) is 2.91. The molecule has 0 aliphatic heterocycles. The fourth-order valence-corrected chi connectivity index (χ4v) is 1.50. The quantitative estimate of drug-likeness (QED) is 0.511. The number of hydrogen-bond donors (Lipinski definition) is 0. The van der Waals surface area contributed by atoms with Gasteiger partial charge in [0.2, 0.25) is 0 Å². The van der Waals surface area contributed by atoms with Crippen molar-refractivity contribution in [1.82, 2.24) is 0 Å². The van der Waals surface area contributed by atoms with Crippen molar-refractivity contribution in [3.05, 3.63) is 60.4 Å². The molecule has 0 saturated heterocycles. The van der Waals surface area contributed by atoms with Crippen molar-refractivity contribution in [2.24, 2.45) is 0 Å². The van der Waals surface area contributed by atoms with Gasteiger partial charge in [-0.1, -0.05) is 12.2 Å². The van der Waals surface area contributed by atoms with E-state index in [-0.39, 0.29) is 0 Å². The van der Waals surface area contributed by atoms with Crippen LogP contribution in [0.1, 0.15) is 12.8 Å². The predicted octanol–water partition coefficient (Wildman–Crippen LogP) is 3.17. The van der Waals surface area contributed by atoms with Crippen LogP contribution in [0.3, 0.4) is 0 Å². The molecular weight excluding hydrogens is 144 g/mol. The summed E-state index contributed by atoms with van der Waals surface area (Å²) in [5.74, 6) is 0. The van der Waals surface area contributed by atoms with Crippen LogP contribution in [0.2, 0.25) is 0 Å².